The Morgan fingerprint density at radius 3 is 2.31 bits per heavy atom. The number of hydrogen-bond donors (Lipinski definition) is 0. The fourth-order valence-electron chi connectivity index (χ4n) is 3.96. The van der Waals surface area contributed by atoms with E-state index in [2.05, 4.69) is 0 Å². The summed E-state index contributed by atoms with van der Waals surface area (Å²) < 4.78 is 43.6. The first-order valence-electron chi connectivity index (χ1n) is 11.1. The van der Waals surface area contributed by atoms with Gasteiger partial charge in [0, 0.05) is 34.8 Å². The molecule has 0 aromatic heterocycles. The van der Waals surface area contributed by atoms with E-state index >= 15 is 0 Å². The van der Waals surface area contributed by atoms with Gasteiger partial charge in [0.25, 0.3) is 0 Å². The summed E-state index contributed by atoms with van der Waals surface area (Å²) in [5.74, 6) is -0.905. The van der Waals surface area contributed by atoms with Gasteiger partial charge in [0.15, 0.2) is 15.6 Å². The van der Waals surface area contributed by atoms with Gasteiger partial charge in [0.2, 0.25) is 5.91 Å². The van der Waals surface area contributed by atoms with Crippen molar-refractivity contribution in [3.05, 3.63) is 70.2 Å². The molecule has 8 heteroatoms. The number of anilines is 1. The molecular weight excluding hydrogens is 469 g/mol. The molecule has 6 nitrogen and oxygen atoms in total. The molecule has 0 unspecified atom stereocenters. The molecule has 0 saturated carbocycles. The molecule has 0 N–H and O–H groups in total. The topological polar surface area (TPSA) is 80.8 Å². The number of aryl methyl sites for hydroxylation is 1. The standard InChI is InChI=1S/C27H30FNO5S/c1-17-11-20(16-35(6,32)33)24(28)13-18(17)7-8-19-12-21(29-10-9-22(30)15-25(29)31)14-23(26(19)34-5)27(2,3)4/h7-14H,15-16H2,1-6H3/b8-7+. The monoisotopic (exact) mass is 499 g/mol. The lowest BCUT2D eigenvalue weighted by molar-refractivity contribution is -0.124. The minimum atomic E-state index is -3.37. The first-order chi connectivity index (χ1) is 16.2. The van der Waals surface area contributed by atoms with Crippen LogP contribution in [0.5, 0.6) is 5.75 Å². The molecule has 0 fully saturated rings. The summed E-state index contributed by atoms with van der Waals surface area (Å²) in [6.45, 7) is 7.87. The first kappa shape index (κ1) is 26.3. The average molecular weight is 500 g/mol. The van der Waals surface area contributed by atoms with Gasteiger partial charge in [-0.2, -0.15) is 0 Å². The number of carbonyl (C=O) groups excluding carboxylic acids is 2. The van der Waals surface area contributed by atoms with Crippen LogP contribution in [0.15, 0.2) is 36.5 Å². The minimum Gasteiger partial charge on any atom is -0.496 e. The minimum absolute atomic E-state index is 0.127. The van der Waals surface area contributed by atoms with Crippen LogP contribution in [0.25, 0.3) is 12.2 Å². The number of methoxy groups -OCH3 is 1. The molecule has 0 aliphatic carbocycles. The summed E-state index contributed by atoms with van der Waals surface area (Å²) in [5.41, 5.74) is 3.24. The van der Waals surface area contributed by atoms with Crippen molar-refractivity contribution in [2.75, 3.05) is 18.3 Å². The van der Waals surface area contributed by atoms with Gasteiger partial charge in [0.05, 0.1) is 19.3 Å². The van der Waals surface area contributed by atoms with Gasteiger partial charge in [-0.1, -0.05) is 39.0 Å². The second kappa shape index (κ2) is 9.77. The Morgan fingerprint density at radius 1 is 1.09 bits per heavy atom. The zero-order valence-electron chi connectivity index (χ0n) is 20.8. The quantitative estimate of drug-likeness (QED) is 0.414. The van der Waals surface area contributed by atoms with Crippen LogP contribution in [-0.2, 0) is 30.6 Å². The van der Waals surface area contributed by atoms with E-state index in [9.17, 15) is 22.4 Å². The van der Waals surface area contributed by atoms with Gasteiger partial charge in [-0.15, -0.1) is 0 Å². The van der Waals surface area contributed by atoms with Gasteiger partial charge in [-0.3, -0.25) is 14.5 Å². The van der Waals surface area contributed by atoms with E-state index in [1.807, 2.05) is 26.8 Å². The number of ketones is 1. The number of allylic oxidation sites excluding steroid dienone is 1. The maximum atomic E-state index is 14.6. The Bertz CT molecular complexity index is 1350. The largest absolute Gasteiger partial charge is 0.496 e. The summed E-state index contributed by atoms with van der Waals surface area (Å²) in [6.07, 6.45) is 7.22. The molecule has 1 heterocycles. The van der Waals surface area contributed by atoms with Crippen LogP contribution in [0.4, 0.5) is 10.1 Å². The summed E-state index contributed by atoms with van der Waals surface area (Å²) in [6, 6.07) is 6.51. The lowest BCUT2D eigenvalue weighted by atomic mass is 9.84. The first-order valence-corrected chi connectivity index (χ1v) is 13.2. The van der Waals surface area contributed by atoms with Crippen LogP contribution in [0.3, 0.4) is 0 Å². The molecule has 0 saturated heterocycles. The molecule has 186 valence electrons. The zero-order valence-corrected chi connectivity index (χ0v) is 21.6. The lowest BCUT2D eigenvalue weighted by Gasteiger charge is -2.28. The highest BCUT2D eigenvalue weighted by molar-refractivity contribution is 7.89. The van der Waals surface area contributed by atoms with Crippen molar-refractivity contribution < 1.29 is 27.1 Å². The van der Waals surface area contributed by atoms with Crippen molar-refractivity contribution >= 4 is 39.4 Å². The smallest absolute Gasteiger partial charge is 0.238 e. The molecule has 2 aromatic rings. The van der Waals surface area contributed by atoms with Crippen LogP contribution in [-0.4, -0.2) is 33.5 Å². The summed E-state index contributed by atoms with van der Waals surface area (Å²) in [7, 11) is -1.80. The fourth-order valence-corrected chi connectivity index (χ4v) is 4.74. The molecule has 0 radical (unpaired) electrons. The summed E-state index contributed by atoms with van der Waals surface area (Å²) >= 11 is 0. The van der Waals surface area contributed by atoms with Crippen molar-refractivity contribution in [1.82, 2.24) is 0 Å². The Balaban J connectivity index is 2.12. The van der Waals surface area contributed by atoms with Gasteiger partial charge < -0.3 is 4.74 Å². The van der Waals surface area contributed by atoms with E-state index in [4.69, 9.17) is 4.74 Å². The van der Waals surface area contributed by atoms with Crippen molar-refractivity contribution in [2.45, 2.75) is 45.3 Å². The molecule has 35 heavy (non-hydrogen) atoms. The van der Waals surface area contributed by atoms with Crippen molar-refractivity contribution in [3.8, 4) is 5.75 Å². The predicted octanol–water partition coefficient (Wildman–Crippen LogP) is 4.97. The third-order valence-corrected chi connectivity index (χ3v) is 6.53. The van der Waals surface area contributed by atoms with Crippen LogP contribution < -0.4 is 9.64 Å². The summed E-state index contributed by atoms with van der Waals surface area (Å²) in [4.78, 5) is 25.6. The molecule has 0 atom stereocenters. The number of hydrogen-bond acceptors (Lipinski definition) is 5. The Morgan fingerprint density at radius 2 is 1.74 bits per heavy atom. The highest BCUT2D eigenvalue weighted by atomic mass is 32.2. The SMILES string of the molecule is COc1c(/C=C/c2cc(F)c(CS(C)(=O)=O)cc2C)cc(N2C=CC(=O)CC2=O)cc1C(C)(C)C. The number of halogens is 1. The maximum absolute atomic E-state index is 14.6. The zero-order chi connectivity index (χ0) is 26.1. The maximum Gasteiger partial charge on any atom is 0.238 e. The van der Waals surface area contributed by atoms with Crippen molar-refractivity contribution in [2.24, 2.45) is 0 Å². The molecule has 1 aliphatic rings. The fraction of sp³-hybridized carbons (Fsp3) is 0.333. The Labute approximate surface area is 206 Å². The van der Waals surface area contributed by atoms with Crippen molar-refractivity contribution in [1.29, 1.82) is 0 Å². The molecule has 0 bridgehead atoms. The van der Waals surface area contributed by atoms with Crippen LogP contribution in [0.2, 0.25) is 0 Å². The van der Waals surface area contributed by atoms with Crippen molar-refractivity contribution in [3.63, 3.8) is 0 Å². The summed E-state index contributed by atoms with van der Waals surface area (Å²) in [5, 5.41) is 0. The van der Waals surface area contributed by atoms with Gasteiger partial charge >= 0.3 is 0 Å². The van der Waals surface area contributed by atoms with Crippen LogP contribution in [0, 0.1) is 12.7 Å². The number of nitrogens with zero attached hydrogens (tertiary/aromatic N) is 1. The van der Waals surface area contributed by atoms with Crippen LogP contribution >= 0.6 is 0 Å². The van der Waals surface area contributed by atoms with E-state index in [0.29, 0.717) is 22.6 Å². The highest BCUT2D eigenvalue weighted by Crippen LogP contribution is 2.39. The number of ether oxygens (including phenoxy) is 1. The average Bonchev–Trinajstić information content (AvgIpc) is 2.72. The Kier molecular flexibility index (Phi) is 7.36. The second-order valence-electron chi connectivity index (χ2n) is 9.79. The number of sulfone groups is 1. The van der Waals surface area contributed by atoms with E-state index in [-0.39, 0.29) is 34.8 Å². The second-order valence-corrected chi connectivity index (χ2v) is 11.9. The van der Waals surface area contributed by atoms with Gasteiger partial charge in [0.1, 0.15) is 11.6 Å². The molecule has 0 spiro atoms. The van der Waals surface area contributed by atoms with E-state index in [1.165, 1.54) is 23.2 Å². The third-order valence-electron chi connectivity index (χ3n) is 5.69. The van der Waals surface area contributed by atoms with Crippen LogP contribution in [0.1, 0.15) is 55.0 Å². The third kappa shape index (κ3) is 6.25. The molecule has 3 rings (SSSR count). The number of carbonyl (C=O) groups is 2. The van der Waals surface area contributed by atoms with E-state index in [0.717, 1.165) is 17.4 Å². The normalized spacial score (nSPS) is 14.8. The predicted molar refractivity (Wildman–Crippen MR) is 137 cm³/mol. The number of amides is 1. The lowest BCUT2D eigenvalue weighted by Crippen LogP contribution is -2.31. The van der Waals surface area contributed by atoms with E-state index < -0.39 is 15.7 Å². The van der Waals surface area contributed by atoms with Gasteiger partial charge in [-0.05, 0) is 47.7 Å². The number of benzene rings is 2. The van der Waals surface area contributed by atoms with E-state index in [1.54, 1.807) is 38.3 Å². The number of rotatable bonds is 6. The molecular formula is C27H30FNO5S. The van der Waals surface area contributed by atoms with Gasteiger partial charge in [-0.25, -0.2) is 12.8 Å². The highest BCUT2D eigenvalue weighted by Gasteiger charge is 2.26. The molecule has 2 aromatic carbocycles. The molecule has 1 amide bonds. The molecule has 1 aliphatic heterocycles. The Hall–Kier alpha value is -3.26.